The van der Waals surface area contributed by atoms with Gasteiger partial charge >= 0.3 is 0 Å². The highest BCUT2D eigenvalue weighted by atomic mass is 32.2. The van der Waals surface area contributed by atoms with E-state index in [0.29, 0.717) is 21.7 Å². The van der Waals surface area contributed by atoms with Crippen LogP contribution in [0, 0.1) is 0 Å². The van der Waals surface area contributed by atoms with Gasteiger partial charge in [-0.25, -0.2) is 4.98 Å². The number of aromatic amines is 1. The molecule has 0 saturated carbocycles. The summed E-state index contributed by atoms with van der Waals surface area (Å²) in [6, 6.07) is 15.2. The fourth-order valence-electron chi connectivity index (χ4n) is 1.93. The number of H-pyrrole nitrogens is 1. The van der Waals surface area contributed by atoms with Crippen molar-refractivity contribution in [3.63, 3.8) is 0 Å². The number of benzene rings is 2. The first-order valence-electron chi connectivity index (χ1n) is 6.19. The summed E-state index contributed by atoms with van der Waals surface area (Å²) in [6.45, 7) is 0. The number of nitrogens with two attached hydrogens (primary N) is 1. The molecule has 3 N–H and O–H groups in total. The molecule has 2 aromatic carbocycles. The van der Waals surface area contributed by atoms with Gasteiger partial charge in [0, 0.05) is 11.4 Å². The molecule has 0 atom stereocenters. The summed E-state index contributed by atoms with van der Waals surface area (Å²) >= 11 is 1.51. The van der Waals surface area contributed by atoms with E-state index < -0.39 is 0 Å². The van der Waals surface area contributed by atoms with E-state index >= 15 is 0 Å². The van der Waals surface area contributed by atoms with Gasteiger partial charge in [0.15, 0.2) is 5.16 Å². The maximum absolute atomic E-state index is 12.0. The Hall–Kier alpha value is -2.27. The molecule has 0 aliphatic heterocycles. The van der Waals surface area contributed by atoms with Crippen molar-refractivity contribution in [1.29, 1.82) is 0 Å². The Bertz CT molecular complexity index is 799. The number of aromatic nitrogens is 2. The van der Waals surface area contributed by atoms with Crippen LogP contribution in [0.15, 0.2) is 58.5 Å². The zero-order valence-electron chi connectivity index (χ0n) is 10.7. The zero-order chi connectivity index (χ0) is 13.9. The number of hydrogen-bond donors (Lipinski definition) is 2. The first-order valence-corrected chi connectivity index (χ1v) is 7.17. The first-order chi connectivity index (χ1) is 9.72. The van der Waals surface area contributed by atoms with E-state index in [1.165, 1.54) is 17.3 Å². The third-order valence-corrected chi connectivity index (χ3v) is 3.87. The molecule has 0 bridgehead atoms. The van der Waals surface area contributed by atoms with Crippen molar-refractivity contribution in [3.8, 4) is 0 Å². The van der Waals surface area contributed by atoms with Crippen LogP contribution in [0.2, 0.25) is 0 Å². The number of hydrogen-bond acceptors (Lipinski definition) is 4. The molecule has 0 spiro atoms. The van der Waals surface area contributed by atoms with Gasteiger partial charge in [-0.3, -0.25) is 4.79 Å². The molecule has 100 valence electrons. The fraction of sp³-hybridized carbons (Fsp3) is 0.0667. The molecule has 0 aliphatic rings. The van der Waals surface area contributed by atoms with Crippen molar-refractivity contribution < 1.29 is 0 Å². The third kappa shape index (κ3) is 2.67. The molecule has 4 nitrogen and oxygen atoms in total. The molecule has 5 heteroatoms. The number of anilines is 1. The van der Waals surface area contributed by atoms with E-state index in [2.05, 4.69) is 9.97 Å². The Morgan fingerprint density at radius 2 is 1.95 bits per heavy atom. The van der Waals surface area contributed by atoms with Crippen LogP contribution in [0.5, 0.6) is 0 Å². The van der Waals surface area contributed by atoms with Crippen molar-refractivity contribution in [3.05, 3.63) is 64.4 Å². The normalized spacial score (nSPS) is 10.8. The Labute approximate surface area is 120 Å². The Morgan fingerprint density at radius 1 is 1.15 bits per heavy atom. The van der Waals surface area contributed by atoms with Gasteiger partial charge in [0.05, 0.1) is 10.9 Å². The minimum atomic E-state index is -0.155. The highest BCUT2D eigenvalue weighted by Crippen LogP contribution is 2.20. The van der Waals surface area contributed by atoms with Crippen LogP contribution in [-0.2, 0) is 5.75 Å². The summed E-state index contributed by atoms with van der Waals surface area (Å²) in [5.41, 5.74) is 7.95. The summed E-state index contributed by atoms with van der Waals surface area (Å²) < 4.78 is 0. The molecule has 0 saturated heterocycles. The molecule has 0 unspecified atom stereocenters. The Balaban J connectivity index is 1.89. The van der Waals surface area contributed by atoms with E-state index in [-0.39, 0.29) is 5.56 Å². The van der Waals surface area contributed by atoms with Gasteiger partial charge in [-0.15, -0.1) is 0 Å². The molecule has 3 rings (SSSR count). The number of thioether (sulfide) groups is 1. The van der Waals surface area contributed by atoms with Crippen LogP contribution in [0.4, 0.5) is 5.69 Å². The quantitative estimate of drug-likeness (QED) is 0.440. The molecular formula is C15H13N3OS. The predicted octanol–water partition coefficient (Wildman–Crippen LogP) is 2.80. The predicted molar refractivity (Wildman–Crippen MR) is 82.8 cm³/mol. The van der Waals surface area contributed by atoms with Gasteiger partial charge in [-0.1, -0.05) is 42.1 Å². The number of fused-ring (bicyclic) bond motifs is 1. The van der Waals surface area contributed by atoms with E-state index in [1.54, 1.807) is 18.2 Å². The molecule has 0 amide bonds. The van der Waals surface area contributed by atoms with Crippen LogP contribution in [0.1, 0.15) is 5.56 Å². The zero-order valence-corrected chi connectivity index (χ0v) is 11.5. The standard InChI is InChI=1S/C15H13N3OS/c16-11-6-7-13-12(8-11)14(19)18-15(17-13)20-9-10-4-2-1-3-5-10/h1-8H,9,16H2,(H,17,18,19). The molecule has 3 aromatic rings. The molecule has 0 fully saturated rings. The summed E-state index contributed by atoms with van der Waals surface area (Å²) in [6.07, 6.45) is 0. The monoisotopic (exact) mass is 283 g/mol. The van der Waals surface area contributed by atoms with Gasteiger partial charge in [0.1, 0.15) is 0 Å². The SMILES string of the molecule is Nc1ccc2nc(SCc3ccccc3)[nH]c(=O)c2c1. The molecule has 20 heavy (non-hydrogen) atoms. The van der Waals surface area contributed by atoms with Gasteiger partial charge in [0.25, 0.3) is 5.56 Å². The van der Waals surface area contributed by atoms with Crippen molar-refractivity contribution in [2.75, 3.05) is 5.73 Å². The second-order valence-electron chi connectivity index (χ2n) is 4.42. The van der Waals surface area contributed by atoms with Gasteiger partial charge in [0.2, 0.25) is 0 Å². The van der Waals surface area contributed by atoms with E-state index in [0.717, 1.165) is 5.75 Å². The topological polar surface area (TPSA) is 71.8 Å². The number of rotatable bonds is 3. The summed E-state index contributed by atoms with van der Waals surface area (Å²) in [5, 5.41) is 1.14. The summed E-state index contributed by atoms with van der Waals surface area (Å²) in [4.78, 5) is 19.2. The summed E-state index contributed by atoms with van der Waals surface area (Å²) in [5.74, 6) is 0.768. The van der Waals surface area contributed by atoms with Crippen LogP contribution in [0.3, 0.4) is 0 Å². The van der Waals surface area contributed by atoms with Crippen molar-refractivity contribution in [2.24, 2.45) is 0 Å². The lowest BCUT2D eigenvalue weighted by molar-refractivity contribution is 0.974. The second kappa shape index (κ2) is 5.38. The Morgan fingerprint density at radius 3 is 2.75 bits per heavy atom. The lowest BCUT2D eigenvalue weighted by atomic mass is 10.2. The molecule has 0 radical (unpaired) electrons. The number of nitrogens with zero attached hydrogens (tertiary/aromatic N) is 1. The number of nitrogen functional groups attached to an aromatic ring is 1. The molecule has 1 aromatic heterocycles. The second-order valence-corrected chi connectivity index (χ2v) is 5.39. The highest BCUT2D eigenvalue weighted by Gasteiger charge is 2.05. The Kier molecular flexibility index (Phi) is 3.43. The average Bonchev–Trinajstić information content (AvgIpc) is 2.47. The van der Waals surface area contributed by atoms with Crippen molar-refractivity contribution in [2.45, 2.75) is 10.9 Å². The maximum Gasteiger partial charge on any atom is 0.259 e. The van der Waals surface area contributed by atoms with E-state index in [9.17, 15) is 4.79 Å². The first kappa shape index (κ1) is 12.7. The fourth-order valence-corrected chi connectivity index (χ4v) is 2.75. The molecular weight excluding hydrogens is 270 g/mol. The van der Waals surface area contributed by atoms with Crippen LogP contribution in [0.25, 0.3) is 10.9 Å². The third-order valence-electron chi connectivity index (χ3n) is 2.93. The highest BCUT2D eigenvalue weighted by molar-refractivity contribution is 7.98. The van der Waals surface area contributed by atoms with Gasteiger partial charge < -0.3 is 10.7 Å². The van der Waals surface area contributed by atoms with Crippen LogP contribution >= 0.6 is 11.8 Å². The van der Waals surface area contributed by atoms with Crippen molar-refractivity contribution >= 4 is 28.4 Å². The molecule has 0 aliphatic carbocycles. The van der Waals surface area contributed by atoms with Gasteiger partial charge in [-0.2, -0.15) is 0 Å². The minimum absolute atomic E-state index is 0.155. The van der Waals surface area contributed by atoms with E-state index in [1.807, 2.05) is 30.3 Å². The van der Waals surface area contributed by atoms with Crippen LogP contribution in [-0.4, -0.2) is 9.97 Å². The largest absolute Gasteiger partial charge is 0.399 e. The van der Waals surface area contributed by atoms with Crippen LogP contribution < -0.4 is 11.3 Å². The van der Waals surface area contributed by atoms with Gasteiger partial charge in [-0.05, 0) is 23.8 Å². The summed E-state index contributed by atoms with van der Waals surface area (Å²) in [7, 11) is 0. The lowest BCUT2D eigenvalue weighted by Gasteiger charge is -2.03. The van der Waals surface area contributed by atoms with E-state index in [4.69, 9.17) is 5.73 Å². The van der Waals surface area contributed by atoms with Crippen molar-refractivity contribution in [1.82, 2.24) is 9.97 Å². The lowest BCUT2D eigenvalue weighted by Crippen LogP contribution is -2.09. The smallest absolute Gasteiger partial charge is 0.259 e. The average molecular weight is 283 g/mol. The molecule has 1 heterocycles. The number of nitrogens with one attached hydrogen (secondary N) is 1. The maximum atomic E-state index is 12.0. The minimum Gasteiger partial charge on any atom is -0.399 e.